The second-order valence-corrected chi connectivity index (χ2v) is 4.41. The summed E-state index contributed by atoms with van der Waals surface area (Å²) in [6, 6.07) is 5.98. The summed E-state index contributed by atoms with van der Waals surface area (Å²) in [6.07, 6.45) is 1.16. The molecule has 0 bridgehead atoms. The molecule has 4 heteroatoms. The molecule has 1 heterocycles. The van der Waals surface area contributed by atoms with Crippen LogP contribution in [0.4, 0.5) is 5.69 Å². The summed E-state index contributed by atoms with van der Waals surface area (Å²) in [7, 11) is 3.34. The van der Waals surface area contributed by atoms with Crippen LogP contribution in [0, 0.1) is 5.92 Å². The van der Waals surface area contributed by atoms with E-state index in [2.05, 4.69) is 4.90 Å². The number of methoxy groups -OCH3 is 2. The van der Waals surface area contributed by atoms with Gasteiger partial charge in [0.25, 0.3) is 0 Å². The first-order valence-electron chi connectivity index (χ1n) is 5.95. The number of hydrogen-bond acceptors (Lipinski definition) is 4. The van der Waals surface area contributed by atoms with Crippen molar-refractivity contribution in [2.24, 2.45) is 11.7 Å². The minimum absolute atomic E-state index is 0.604. The van der Waals surface area contributed by atoms with E-state index in [0.29, 0.717) is 5.92 Å². The van der Waals surface area contributed by atoms with Crippen LogP contribution < -0.4 is 20.1 Å². The molecular formula is C13H20N2O2. The number of hydrogen-bond donors (Lipinski definition) is 1. The molecule has 1 saturated heterocycles. The van der Waals surface area contributed by atoms with Gasteiger partial charge >= 0.3 is 0 Å². The Bertz CT molecular complexity index is 359. The van der Waals surface area contributed by atoms with E-state index in [1.807, 2.05) is 18.2 Å². The van der Waals surface area contributed by atoms with Crippen molar-refractivity contribution in [1.82, 2.24) is 0 Å². The van der Waals surface area contributed by atoms with E-state index in [4.69, 9.17) is 15.2 Å². The molecule has 17 heavy (non-hydrogen) atoms. The Hall–Kier alpha value is -1.42. The lowest BCUT2D eigenvalue weighted by Gasteiger charge is -2.20. The molecule has 1 aliphatic heterocycles. The van der Waals surface area contributed by atoms with Crippen LogP contribution in [0.3, 0.4) is 0 Å². The zero-order valence-electron chi connectivity index (χ0n) is 10.5. The van der Waals surface area contributed by atoms with Crippen LogP contribution in [0.5, 0.6) is 11.5 Å². The van der Waals surface area contributed by atoms with E-state index in [1.54, 1.807) is 14.2 Å². The molecule has 1 fully saturated rings. The fourth-order valence-electron chi connectivity index (χ4n) is 2.23. The second kappa shape index (κ2) is 5.27. The van der Waals surface area contributed by atoms with Crippen molar-refractivity contribution in [2.45, 2.75) is 6.42 Å². The van der Waals surface area contributed by atoms with Crippen molar-refractivity contribution < 1.29 is 9.47 Å². The Labute approximate surface area is 102 Å². The van der Waals surface area contributed by atoms with E-state index in [9.17, 15) is 0 Å². The normalized spacial score (nSPS) is 19.5. The molecule has 0 radical (unpaired) electrons. The predicted octanol–water partition coefficient (Wildman–Crippen LogP) is 1.49. The molecule has 0 amide bonds. The summed E-state index contributed by atoms with van der Waals surface area (Å²) in [4.78, 5) is 2.34. The van der Waals surface area contributed by atoms with Crippen molar-refractivity contribution in [3.05, 3.63) is 18.2 Å². The first-order chi connectivity index (χ1) is 8.26. The first kappa shape index (κ1) is 12.0. The van der Waals surface area contributed by atoms with Gasteiger partial charge in [-0.25, -0.2) is 0 Å². The molecule has 0 unspecified atom stereocenters. The lowest BCUT2D eigenvalue weighted by Crippen LogP contribution is -2.22. The summed E-state index contributed by atoms with van der Waals surface area (Å²) in [6.45, 7) is 2.84. The molecule has 2 rings (SSSR count). The average molecular weight is 236 g/mol. The molecule has 2 N–H and O–H groups in total. The third-order valence-corrected chi connectivity index (χ3v) is 3.32. The third kappa shape index (κ3) is 2.64. The highest BCUT2D eigenvalue weighted by molar-refractivity contribution is 5.56. The van der Waals surface area contributed by atoms with Gasteiger partial charge in [0.15, 0.2) is 0 Å². The van der Waals surface area contributed by atoms with Crippen molar-refractivity contribution in [1.29, 1.82) is 0 Å². The maximum absolute atomic E-state index is 5.71. The quantitative estimate of drug-likeness (QED) is 0.860. The van der Waals surface area contributed by atoms with Gasteiger partial charge in [-0.05, 0) is 18.9 Å². The van der Waals surface area contributed by atoms with Crippen molar-refractivity contribution in [2.75, 3.05) is 38.8 Å². The highest BCUT2D eigenvalue weighted by Gasteiger charge is 2.22. The Kier molecular flexibility index (Phi) is 3.74. The fraction of sp³-hybridized carbons (Fsp3) is 0.538. The molecule has 0 aromatic heterocycles. The lowest BCUT2D eigenvalue weighted by molar-refractivity contribution is 0.394. The fourth-order valence-corrected chi connectivity index (χ4v) is 2.23. The largest absolute Gasteiger partial charge is 0.497 e. The number of anilines is 1. The summed E-state index contributed by atoms with van der Waals surface area (Å²) in [5.74, 6) is 2.26. The van der Waals surface area contributed by atoms with Crippen LogP contribution in [-0.4, -0.2) is 33.9 Å². The monoisotopic (exact) mass is 236 g/mol. The van der Waals surface area contributed by atoms with Crippen molar-refractivity contribution >= 4 is 5.69 Å². The van der Waals surface area contributed by atoms with Gasteiger partial charge in [-0.3, -0.25) is 0 Å². The first-order valence-corrected chi connectivity index (χ1v) is 5.95. The molecule has 94 valence electrons. The summed E-state index contributed by atoms with van der Waals surface area (Å²) in [5.41, 5.74) is 6.86. The maximum Gasteiger partial charge on any atom is 0.124 e. The highest BCUT2D eigenvalue weighted by atomic mass is 16.5. The van der Waals surface area contributed by atoms with Crippen LogP contribution in [0.25, 0.3) is 0 Å². The minimum Gasteiger partial charge on any atom is -0.497 e. The second-order valence-electron chi connectivity index (χ2n) is 4.41. The highest BCUT2D eigenvalue weighted by Crippen LogP contribution is 2.31. The Morgan fingerprint density at radius 2 is 1.88 bits per heavy atom. The van der Waals surface area contributed by atoms with E-state index in [0.717, 1.165) is 43.2 Å². The number of rotatable bonds is 4. The van der Waals surface area contributed by atoms with Gasteiger partial charge in [0.1, 0.15) is 11.5 Å². The van der Waals surface area contributed by atoms with Crippen LogP contribution in [0.2, 0.25) is 0 Å². The summed E-state index contributed by atoms with van der Waals surface area (Å²) in [5, 5.41) is 0. The minimum atomic E-state index is 0.604. The van der Waals surface area contributed by atoms with E-state index >= 15 is 0 Å². The zero-order chi connectivity index (χ0) is 12.3. The van der Waals surface area contributed by atoms with Gasteiger partial charge in [0.05, 0.1) is 14.2 Å². The van der Waals surface area contributed by atoms with Gasteiger partial charge in [-0.2, -0.15) is 0 Å². The topological polar surface area (TPSA) is 47.7 Å². The Morgan fingerprint density at radius 3 is 2.35 bits per heavy atom. The Balaban J connectivity index is 2.20. The SMILES string of the molecule is COc1cc(OC)cc(N2CC[C@@H](CN)C2)c1. The van der Waals surface area contributed by atoms with E-state index in [-0.39, 0.29) is 0 Å². The third-order valence-electron chi connectivity index (χ3n) is 3.32. The average Bonchev–Trinajstić information content (AvgIpc) is 2.86. The standard InChI is InChI=1S/C13H20N2O2/c1-16-12-5-11(6-13(7-12)17-2)15-4-3-10(8-14)9-15/h5-7,10H,3-4,8-9,14H2,1-2H3/t10-/m0/s1. The van der Waals surface area contributed by atoms with Gasteiger partial charge in [-0.1, -0.05) is 0 Å². The van der Waals surface area contributed by atoms with Gasteiger partial charge in [-0.15, -0.1) is 0 Å². The summed E-state index contributed by atoms with van der Waals surface area (Å²) < 4.78 is 10.6. The molecule has 0 spiro atoms. The number of nitrogens with zero attached hydrogens (tertiary/aromatic N) is 1. The Morgan fingerprint density at radius 1 is 1.24 bits per heavy atom. The molecule has 4 nitrogen and oxygen atoms in total. The van der Waals surface area contributed by atoms with Gasteiger partial charge in [0.2, 0.25) is 0 Å². The van der Waals surface area contributed by atoms with Crippen molar-refractivity contribution in [3.8, 4) is 11.5 Å². The zero-order valence-corrected chi connectivity index (χ0v) is 10.5. The maximum atomic E-state index is 5.71. The van der Waals surface area contributed by atoms with Crippen LogP contribution in [-0.2, 0) is 0 Å². The summed E-state index contributed by atoms with van der Waals surface area (Å²) >= 11 is 0. The number of nitrogens with two attached hydrogens (primary N) is 1. The van der Waals surface area contributed by atoms with E-state index in [1.165, 1.54) is 0 Å². The molecule has 1 atom stereocenters. The number of benzene rings is 1. The van der Waals surface area contributed by atoms with Crippen molar-refractivity contribution in [3.63, 3.8) is 0 Å². The van der Waals surface area contributed by atoms with Gasteiger partial charge in [0, 0.05) is 37.0 Å². The molecule has 1 aromatic carbocycles. The predicted molar refractivity (Wildman–Crippen MR) is 68.9 cm³/mol. The molecular weight excluding hydrogens is 216 g/mol. The molecule has 0 saturated carbocycles. The molecule has 1 aromatic rings. The number of ether oxygens (including phenoxy) is 2. The lowest BCUT2D eigenvalue weighted by atomic mass is 10.1. The smallest absolute Gasteiger partial charge is 0.124 e. The van der Waals surface area contributed by atoms with Crippen LogP contribution in [0.1, 0.15) is 6.42 Å². The van der Waals surface area contributed by atoms with Crippen LogP contribution in [0.15, 0.2) is 18.2 Å². The van der Waals surface area contributed by atoms with Gasteiger partial charge < -0.3 is 20.1 Å². The molecule has 0 aliphatic carbocycles. The molecule has 1 aliphatic rings. The van der Waals surface area contributed by atoms with E-state index < -0.39 is 0 Å². The van der Waals surface area contributed by atoms with Crippen LogP contribution >= 0.6 is 0 Å².